The van der Waals surface area contributed by atoms with Crippen LogP contribution in [0.4, 0.5) is 0 Å². The first-order chi connectivity index (χ1) is 10.2. The van der Waals surface area contributed by atoms with Crippen molar-refractivity contribution in [2.75, 3.05) is 7.11 Å². The van der Waals surface area contributed by atoms with Crippen LogP contribution in [0.2, 0.25) is 0 Å². The molecule has 0 atom stereocenters. The van der Waals surface area contributed by atoms with Crippen LogP contribution < -0.4 is 10.3 Å². The third-order valence-corrected chi connectivity index (χ3v) is 4.26. The highest BCUT2D eigenvalue weighted by Gasteiger charge is 2.08. The molecule has 0 fully saturated rings. The molecule has 1 aromatic carbocycles. The van der Waals surface area contributed by atoms with E-state index in [1.807, 2.05) is 17.5 Å². The molecule has 0 spiro atoms. The number of pyridine rings is 1. The predicted molar refractivity (Wildman–Crippen MR) is 83.6 cm³/mol. The summed E-state index contributed by atoms with van der Waals surface area (Å²) >= 11 is 1.55. The van der Waals surface area contributed by atoms with Gasteiger partial charge in [0.2, 0.25) is 0 Å². The second kappa shape index (κ2) is 5.54. The van der Waals surface area contributed by atoms with Crippen LogP contribution in [-0.2, 0) is 6.54 Å². The zero-order chi connectivity index (χ0) is 14.8. The van der Waals surface area contributed by atoms with Gasteiger partial charge in [-0.05, 0) is 35.7 Å². The fraction of sp³-hybridized carbons (Fsp3) is 0.125. The average molecular weight is 299 g/mol. The van der Waals surface area contributed by atoms with Gasteiger partial charge in [0, 0.05) is 22.0 Å². The Hall–Kier alpha value is -2.40. The van der Waals surface area contributed by atoms with Crippen molar-refractivity contribution in [3.8, 4) is 5.75 Å². The van der Waals surface area contributed by atoms with E-state index in [9.17, 15) is 9.59 Å². The van der Waals surface area contributed by atoms with Crippen molar-refractivity contribution in [3.05, 3.63) is 63.4 Å². The first kappa shape index (κ1) is 13.6. The third-order valence-electron chi connectivity index (χ3n) is 3.37. The van der Waals surface area contributed by atoms with Crippen LogP contribution in [-0.4, -0.2) is 18.0 Å². The minimum absolute atomic E-state index is 0.0349. The summed E-state index contributed by atoms with van der Waals surface area (Å²) in [6, 6.07) is 8.94. The topological polar surface area (TPSA) is 48.3 Å². The van der Waals surface area contributed by atoms with Crippen LogP contribution in [0, 0.1) is 0 Å². The molecular weight excluding hydrogens is 286 g/mol. The van der Waals surface area contributed by atoms with Gasteiger partial charge in [-0.2, -0.15) is 0 Å². The van der Waals surface area contributed by atoms with Crippen LogP contribution in [0.15, 0.2) is 46.7 Å². The Morgan fingerprint density at radius 2 is 2.14 bits per heavy atom. The van der Waals surface area contributed by atoms with E-state index in [4.69, 9.17) is 4.74 Å². The molecule has 5 heteroatoms. The lowest BCUT2D eigenvalue weighted by molar-refractivity contribution is 0.112. The molecule has 2 heterocycles. The fourth-order valence-electron chi connectivity index (χ4n) is 2.31. The summed E-state index contributed by atoms with van der Waals surface area (Å²) in [5.74, 6) is 0.665. The maximum atomic E-state index is 12.4. The zero-order valence-corrected chi connectivity index (χ0v) is 12.2. The molecule has 0 aliphatic carbocycles. The lowest BCUT2D eigenvalue weighted by atomic mass is 10.1. The highest BCUT2D eigenvalue weighted by atomic mass is 32.1. The smallest absolute Gasteiger partial charge is 0.259 e. The summed E-state index contributed by atoms with van der Waals surface area (Å²) in [5.41, 5.74) is 1.33. The number of aldehydes is 1. The Labute approximate surface area is 125 Å². The van der Waals surface area contributed by atoms with Crippen molar-refractivity contribution in [2.45, 2.75) is 6.54 Å². The Morgan fingerprint density at radius 1 is 1.29 bits per heavy atom. The van der Waals surface area contributed by atoms with Gasteiger partial charge in [-0.1, -0.05) is 0 Å². The summed E-state index contributed by atoms with van der Waals surface area (Å²) in [5, 5.41) is 2.62. The fourth-order valence-corrected chi connectivity index (χ4v) is 3.08. The summed E-state index contributed by atoms with van der Waals surface area (Å²) in [6.07, 6.45) is 2.56. The molecule has 2 aromatic heterocycles. The Balaban J connectivity index is 2.07. The molecule has 0 unspecified atom stereocenters. The standard InChI is InChI=1S/C16H13NO3S/c1-20-14-3-2-11(10-18)8-12(14)9-17-6-4-15-13(16(17)19)5-7-21-15/h2-8,10H,9H2,1H3. The summed E-state index contributed by atoms with van der Waals surface area (Å²) in [7, 11) is 1.57. The monoisotopic (exact) mass is 299 g/mol. The molecule has 21 heavy (non-hydrogen) atoms. The number of thiophene rings is 1. The minimum Gasteiger partial charge on any atom is -0.496 e. The third kappa shape index (κ3) is 2.48. The molecule has 0 amide bonds. The van der Waals surface area contributed by atoms with Crippen molar-refractivity contribution in [1.29, 1.82) is 0 Å². The molecule has 0 saturated carbocycles. The predicted octanol–water partition coefficient (Wildman–Crippen LogP) is 2.93. The molecule has 106 valence electrons. The number of ether oxygens (including phenoxy) is 1. The first-order valence-corrected chi connectivity index (χ1v) is 7.29. The van der Waals surface area contributed by atoms with Crippen molar-refractivity contribution >= 4 is 27.7 Å². The number of fused-ring (bicyclic) bond motifs is 1. The van der Waals surface area contributed by atoms with E-state index in [0.717, 1.165) is 16.5 Å². The average Bonchev–Trinajstić information content (AvgIpc) is 2.99. The van der Waals surface area contributed by atoms with Gasteiger partial charge < -0.3 is 9.30 Å². The highest BCUT2D eigenvalue weighted by Crippen LogP contribution is 2.21. The number of hydrogen-bond donors (Lipinski definition) is 0. The van der Waals surface area contributed by atoms with Gasteiger partial charge in [0.25, 0.3) is 5.56 Å². The number of hydrogen-bond acceptors (Lipinski definition) is 4. The van der Waals surface area contributed by atoms with Crippen LogP contribution in [0.1, 0.15) is 15.9 Å². The van der Waals surface area contributed by atoms with Crippen LogP contribution in [0.25, 0.3) is 10.1 Å². The van der Waals surface area contributed by atoms with Crippen molar-refractivity contribution in [1.82, 2.24) is 4.57 Å². The molecule has 0 aliphatic rings. The molecule has 4 nitrogen and oxygen atoms in total. The molecule has 0 saturated heterocycles. The number of aromatic nitrogens is 1. The van der Waals surface area contributed by atoms with Gasteiger partial charge in [0.15, 0.2) is 0 Å². The molecule has 0 bridgehead atoms. The van der Waals surface area contributed by atoms with Crippen LogP contribution >= 0.6 is 11.3 Å². The normalized spacial score (nSPS) is 10.7. The Bertz CT molecular complexity index is 863. The molecule has 3 rings (SSSR count). The van der Waals surface area contributed by atoms with E-state index in [2.05, 4.69) is 0 Å². The van der Waals surface area contributed by atoms with Gasteiger partial charge in [0.1, 0.15) is 12.0 Å². The number of carbonyl (C=O) groups excluding carboxylic acids is 1. The molecule has 0 aliphatic heterocycles. The lowest BCUT2D eigenvalue weighted by Gasteiger charge is -2.11. The molecule has 0 radical (unpaired) electrons. The van der Waals surface area contributed by atoms with E-state index in [-0.39, 0.29) is 5.56 Å². The van der Waals surface area contributed by atoms with Crippen molar-refractivity contribution in [3.63, 3.8) is 0 Å². The second-order valence-corrected chi connectivity index (χ2v) is 5.58. The molecule has 0 N–H and O–H groups in total. The zero-order valence-electron chi connectivity index (χ0n) is 11.4. The lowest BCUT2D eigenvalue weighted by Crippen LogP contribution is -2.19. The van der Waals surface area contributed by atoms with Gasteiger partial charge in [-0.25, -0.2) is 0 Å². The minimum atomic E-state index is -0.0349. The number of carbonyl (C=O) groups is 1. The summed E-state index contributed by atoms with van der Waals surface area (Å²) in [6.45, 7) is 0.371. The first-order valence-electron chi connectivity index (χ1n) is 6.41. The van der Waals surface area contributed by atoms with Gasteiger partial charge in [-0.3, -0.25) is 9.59 Å². The summed E-state index contributed by atoms with van der Waals surface area (Å²) < 4.78 is 7.90. The van der Waals surface area contributed by atoms with Crippen molar-refractivity contribution < 1.29 is 9.53 Å². The highest BCUT2D eigenvalue weighted by molar-refractivity contribution is 7.17. The maximum Gasteiger partial charge on any atom is 0.259 e. The van der Waals surface area contributed by atoms with Crippen LogP contribution in [0.3, 0.4) is 0 Å². The Morgan fingerprint density at radius 3 is 2.90 bits per heavy atom. The Kier molecular flexibility index (Phi) is 3.58. The number of rotatable bonds is 4. The van der Waals surface area contributed by atoms with E-state index in [0.29, 0.717) is 23.2 Å². The van der Waals surface area contributed by atoms with Gasteiger partial charge in [0.05, 0.1) is 19.0 Å². The number of nitrogens with zero attached hydrogens (tertiary/aromatic N) is 1. The van der Waals surface area contributed by atoms with Gasteiger partial charge >= 0.3 is 0 Å². The molecule has 3 aromatic rings. The maximum absolute atomic E-state index is 12.4. The van der Waals surface area contributed by atoms with Crippen molar-refractivity contribution in [2.24, 2.45) is 0 Å². The quantitative estimate of drug-likeness (QED) is 0.696. The second-order valence-electron chi connectivity index (χ2n) is 4.64. The SMILES string of the molecule is COc1ccc(C=O)cc1Cn1ccc2sccc2c1=O. The summed E-state index contributed by atoms with van der Waals surface area (Å²) in [4.78, 5) is 23.3. The van der Waals surface area contributed by atoms with Gasteiger partial charge in [-0.15, -0.1) is 11.3 Å². The molecular formula is C16H13NO3S. The van der Waals surface area contributed by atoms with E-state index >= 15 is 0 Å². The van der Waals surface area contributed by atoms with E-state index in [1.165, 1.54) is 0 Å². The number of benzene rings is 1. The van der Waals surface area contributed by atoms with Crippen LogP contribution in [0.5, 0.6) is 5.75 Å². The van der Waals surface area contributed by atoms with E-state index in [1.54, 1.807) is 47.4 Å². The largest absolute Gasteiger partial charge is 0.496 e. The number of methoxy groups -OCH3 is 1. The van der Waals surface area contributed by atoms with E-state index < -0.39 is 0 Å².